The number of carbonyl (C=O) groups excluding carboxylic acids is 3. The van der Waals surface area contributed by atoms with Crippen molar-refractivity contribution in [3.63, 3.8) is 0 Å². The Kier molecular flexibility index (Phi) is 56.3. The molecule has 0 rings (SSSR count). The molecule has 0 aliphatic carbocycles. The quantitative estimate of drug-likeness (QED) is 0.0463. The molecule has 0 aromatic heterocycles. The number of nitrogens with zero attached hydrogens (tertiary/aromatic N) is 1. The lowest BCUT2D eigenvalue weighted by Gasteiger charge is -2.22. The summed E-state index contributed by atoms with van der Waals surface area (Å²) in [5, 5.41) is 6.80. The predicted octanol–water partition coefficient (Wildman–Crippen LogP) is 16.3. The first-order valence-electron chi connectivity index (χ1n) is 29.5. The molecule has 0 bridgehead atoms. The van der Waals surface area contributed by atoms with Crippen molar-refractivity contribution in [2.24, 2.45) is 11.8 Å². The highest BCUT2D eigenvalue weighted by Crippen LogP contribution is 2.21. The van der Waals surface area contributed by atoms with E-state index in [-0.39, 0.29) is 29.7 Å². The molecule has 0 aliphatic rings. The zero-order chi connectivity index (χ0) is 48.8. The second-order valence-electron chi connectivity index (χ2n) is 19.5. The molecule has 0 spiro atoms. The number of carbonyl (C=O) groups is 3. The number of amides is 1. The van der Waals surface area contributed by atoms with E-state index in [1.54, 1.807) is 0 Å². The molecule has 66 heavy (non-hydrogen) atoms. The van der Waals surface area contributed by atoms with Gasteiger partial charge in [0.2, 0.25) is 5.91 Å². The van der Waals surface area contributed by atoms with Crippen molar-refractivity contribution in [1.82, 2.24) is 15.5 Å². The van der Waals surface area contributed by atoms with E-state index in [2.05, 4.69) is 50.2 Å². The summed E-state index contributed by atoms with van der Waals surface area (Å²) < 4.78 is 11.5. The van der Waals surface area contributed by atoms with Crippen LogP contribution in [0, 0.1) is 11.8 Å². The summed E-state index contributed by atoms with van der Waals surface area (Å²) in [6, 6.07) is 0. The second kappa shape index (κ2) is 55.9. The van der Waals surface area contributed by atoms with Crippen LogP contribution in [0.25, 0.3) is 0 Å². The molecule has 1 amide bonds. The van der Waals surface area contributed by atoms with Gasteiger partial charge in [0.05, 0.1) is 25.0 Å². The van der Waals surface area contributed by atoms with Crippen molar-refractivity contribution in [1.29, 1.82) is 0 Å². The van der Waals surface area contributed by atoms with Gasteiger partial charge in [0.15, 0.2) is 0 Å². The molecule has 0 saturated carbocycles. The van der Waals surface area contributed by atoms with Crippen molar-refractivity contribution in [3.05, 3.63) is 0 Å². The maximum absolute atomic E-state index is 12.8. The molecule has 0 aliphatic heterocycles. The zero-order valence-electron chi connectivity index (χ0n) is 45.7. The van der Waals surface area contributed by atoms with E-state index < -0.39 is 0 Å². The molecule has 2 N–H and O–H groups in total. The summed E-state index contributed by atoms with van der Waals surface area (Å²) in [6.07, 6.45) is 43.9. The highest BCUT2D eigenvalue weighted by atomic mass is 16.5. The molecular weight excluding hydrogens is 819 g/mol. The van der Waals surface area contributed by atoms with E-state index in [0.29, 0.717) is 19.6 Å². The van der Waals surface area contributed by atoms with Gasteiger partial charge in [0.1, 0.15) is 0 Å². The Labute approximate surface area is 412 Å². The molecule has 0 heterocycles. The Morgan fingerprint density at radius 3 is 1.20 bits per heavy atom. The van der Waals surface area contributed by atoms with Gasteiger partial charge in [-0.3, -0.25) is 14.4 Å². The van der Waals surface area contributed by atoms with E-state index in [4.69, 9.17) is 9.47 Å². The molecule has 0 saturated heterocycles. The fraction of sp³-hybridized carbons (Fsp3) is 0.948. The molecular formula is C58H117N3O5. The summed E-state index contributed by atoms with van der Waals surface area (Å²) in [7, 11) is 0. The number of rotatable bonds is 52. The zero-order valence-corrected chi connectivity index (χ0v) is 45.7. The average Bonchev–Trinajstić information content (AvgIpc) is 3.33. The number of nitrogens with one attached hydrogen (secondary N) is 2. The van der Waals surface area contributed by atoms with Crippen LogP contribution in [0.15, 0.2) is 0 Å². The molecule has 8 heteroatoms. The van der Waals surface area contributed by atoms with E-state index in [1.807, 2.05) is 13.8 Å². The molecule has 0 radical (unpaired) electrons. The topological polar surface area (TPSA) is 97.0 Å². The van der Waals surface area contributed by atoms with Crippen LogP contribution in [0.3, 0.4) is 0 Å². The van der Waals surface area contributed by atoms with Gasteiger partial charge in [-0.2, -0.15) is 0 Å². The normalized spacial score (nSPS) is 12.2. The van der Waals surface area contributed by atoms with E-state index >= 15 is 0 Å². The predicted molar refractivity (Wildman–Crippen MR) is 286 cm³/mol. The second-order valence-corrected chi connectivity index (χ2v) is 19.5. The Balaban J connectivity index is 0. The van der Waals surface area contributed by atoms with Crippen LogP contribution in [0.1, 0.15) is 292 Å². The Morgan fingerprint density at radius 1 is 0.379 bits per heavy atom. The van der Waals surface area contributed by atoms with E-state index in [9.17, 15) is 14.4 Å². The first-order valence-corrected chi connectivity index (χ1v) is 29.5. The number of esters is 2. The van der Waals surface area contributed by atoms with Crippen molar-refractivity contribution in [3.8, 4) is 0 Å². The lowest BCUT2D eigenvalue weighted by molar-refractivity contribution is -0.150. The molecule has 2 unspecified atom stereocenters. The van der Waals surface area contributed by atoms with Crippen molar-refractivity contribution in [2.45, 2.75) is 292 Å². The van der Waals surface area contributed by atoms with E-state index in [0.717, 1.165) is 135 Å². The summed E-state index contributed by atoms with van der Waals surface area (Å²) in [5.74, 6) is 0.532. The van der Waals surface area contributed by atoms with Gasteiger partial charge in [-0.05, 0) is 90.3 Å². The first-order chi connectivity index (χ1) is 32.4. The molecule has 2 atom stereocenters. The Bertz CT molecular complexity index is 940. The van der Waals surface area contributed by atoms with Gasteiger partial charge in [0.25, 0.3) is 0 Å². The molecule has 0 aromatic rings. The highest BCUT2D eigenvalue weighted by Gasteiger charge is 2.20. The molecule has 8 nitrogen and oxygen atoms in total. The Hall–Kier alpha value is -1.67. The summed E-state index contributed by atoms with van der Waals surface area (Å²) >= 11 is 0. The average molecular weight is 937 g/mol. The third-order valence-corrected chi connectivity index (χ3v) is 13.2. The summed E-state index contributed by atoms with van der Waals surface area (Å²) in [4.78, 5) is 40.3. The third kappa shape index (κ3) is 47.4. The number of unbranched alkanes of at least 4 members (excludes halogenated alkanes) is 25. The minimum Gasteiger partial charge on any atom is -0.465 e. The van der Waals surface area contributed by atoms with Crippen LogP contribution in [0.4, 0.5) is 0 Å². The molecule has 0 fully saturated rings. The van der Waals surface area contributed by atoms with E-state index in [1.165, 1.54) is 142 Å². The van der Waals surface area contributed by atoms with Crippen LogP contribution in [0.2, 0.25) is 0 Å². The van der Waals surface area contributed by atoms with Gasteiger partial charge >= 0.3 is 11.9 Å². The highest BCUT2D eigenvalue weighted by molar-refractivity contribution is 5.75. The SMILES string of the molecule is CC.CCCCCCCC(=O)NCCCCNCCN(CCCCCCCCCOC(=O)C(CCCC)CCCCCC)CCCCCCCCCOC(=O)C(CCCC)CCCCCC. The van der Waals surface area contributed by atoms with Gasteiger partial charge < -0.3 is 25.0 Å². The maximum Gasteiger partial charge on any atom is 0.308 e. The number of hydrogen-bond acceptors (Lipinski definition) is 7. The van der Waals surface area contributed by atoms with Crippen LogP contribution in [0.5, 0.6) is 0 Å². The first kappa shape index (κ1) is 66.4. The van der Waals surface area contributed by atoms with Crippen molar-refractivity contribution >= 4 is 17.8 Å². The number of ether oxygens (including phenoxy) is 2. The minimum absolute atomic E-state index is 0.0548. The van der Waals surface area contributed by atoms with Crippen molar-refractivity contribution < 1.29 is 23.9 Å². The minimum atomic E-state index is 0.0548. The standard InChI is InChI=1S/C56H111N3O5.C2H6/c1-6-11-16-25-32-43-54(60)58-45-34-33-44-57-46-49-59(47-35-26-21-19-23-28-37-50-63-55(61)52(39-14-9-4)41-30-17-12-7-2)48-36-27-22-20-24-29-38-51-64-56(62)53(40-15-10-5)42-31-18-13-8-3;1-2/h52-53,57H,6-51H2,1-5H3,(H,58,60);1-2H3. The Morgan fingerprint density at radius 2 is 0.742 bits per heavy atom. The fourth-order valence-corrected chi connectivity index (χ4v) is 8.80. The van der Waals surface area contributed by atoms with Gasteiger partial charge in [-0.25, -0.2) is 0 Å². The monoisotopic (exact) mass is 936 g/mol. The van der Waals surface area contributed by atoms with Crippen LogP contribution < -0.4 is 10.6 Å². The molecule has 394 valence electrons. The third-order valence-electron chi connectivity index (χ3n) is 13.2. The van der Waals surface area contributed by atoms with Gasteiger partial charge in [-0.1, -0.05) is 215 Å². The fourth-order valence-electron chi connectivity index (χ4n) is 8.80. The van der Waals surface area contributed by atoms with Crippen LogP contribution in [-0.4, -0.2) is 75.2 Å². The number of hydrogen-bond donors (Lipinski definition) is 2. The van der Waals surface area contributed by atoms with Gasteiger partial charge in [-0.15, -0.1) is 0 Å². The summed E-state index contributed by atoms with van der Waals surface area (Å²) in [5.41, 5.74) is 0. The maximum atomic E-state index is 12.8. The van der Waals surface area contributed by atoms with Crippen LogP contribution >= 0.6 is 0 Å². The lowest BCUT2D eigenvalue weighted by Crippen LogP contribution is -2.34. The van der Waals surface area contributed by atoms with Gasteiger partial charge in [0, 0.05) is 26.1 Å². The lowest BCUT2D eigenvalue weighted by atomic mass is 9.95. The largest absolute Gasteiger partial charge is 0.465 e. The smallest absolute Gasteiger partial charge is 0.308 e. The van der Waals surface area contributed by atoms with Crippen molar-refractivity contribution in [2.75, 3.05) is 52.5 Å². The summed E-state index contributed by atoms with van der Waals surface area (Å²) in [6.45, 7) is 22.6. The van der Waals surface area contributed by atoms with Crippen LogP contribution in [-0.2, 0) is 23.9 Å². The molecule has 0 aromatic carbocycles.